The van der Waals surface area contributed by atoms with Crippen LogP contribution in [0.3, 0.4) is 0 Å². The fourth-order valence-electron chi connectivity index (χ4n) is 1.18. The van der Waals surface area contributed by atoms with Crippen LogP contribution in [0.2, 0.25) is 0 Å². The van der Waals surface area contributed by atoms with E-state index < -0.39 is 0 Å². The van der Waals surface area contributed by atoms with Crippen molar-refractivity contribution in [2.24, 2.45) is 0 Å². The van der Waals surface area contributed by atoms with E-state index in [1.165, 1.54) is 11.3 Å². The predicted molar refractivity (Wildman–Crippen MR) is 41.1 cm³/mol. The molecule has 2 N–H and O–H groups in total. The van der Waals surface area contributed by atoms with Crippen LogP contribution in [0, 0.1) is 0 Å². The van der Waals surface area contributed by atoms with E-state index in [9.17, 15) is 0 Å². The Balaban J connectivity index is 2.34. The van der Waals surface area contributed by atoms with E-state index in [1.807, 2.05) is 0 Å². The van der Waals surface area contributed by atoms with Crippen LogP contribution in [-0.4, -0.2) is 6.54 Å². The minimum atomic E-state index is 0.941. The first-order valence-electron chi connectivity index (χ1n) is 3.52. The Morgan fingerprint density at radius 2 is 2.10 bits per heavy atom. The maximum Gasteiger partial charge on any atom is 0.0530 e. The number of hydrogen-bond acceptors (Lipinski definition) is 2. The molecule has 52 valence electrons. The zero-order chi connectivity index (χ0) is 6.81. The highest BCUT2D eigenvalue weighted by molar-refractivity contribution is 5.37. The third kappa shape index (κ3) is 0.866. The number of nitrogens with one attached hydrogen (secondary N) is 2. The van der Waals surface area contributed by atoms with Crippen molar-refractivity contribution in [3.8, 4) is 0 Å². The van der Waals surface area contributed by atoms with Gasteiger partial charge in [-0.25, -0.2) is 5.43 Å². The van der Waals surface area contributed by atoms with E-state index in [0.717, 1.165) is 13.0 Å². The van der Waals surface area contributed by atoms with Crippen LogP contribution in [0.4, 0.5) is 0 Å². The van der Waals surface area contributed by atoms with Crippen LogP contribution < -0.4 is 10.9 Å². The first-order chi connectivity index (χ1) is 4.97. The Kier molecular flexibility index (Phi) is 1.32. The van der Waals surface area contributed by atoms with Gasteiger partial charge in [-0.1, -0.05) is 18.2 Å². The molecule has 0 saturated carbocycles. The monoisotopic (exact) mass is 134 g/mol. The fourth-order valence-corrected chi connectivity index (χ4v) is 1.18. The Bertz CT molecular complexity index is 201. The van der Waals surface area contributed by atoms with Crippen molar-refractivity contribution >= 4 is 0 Å². The Morgan fingerprint density at radius 1 is 1.20 bits per heavy atom. The van der Waals surface area contributed by atoms with Crippen LogP contribution in [0.25, 0.3) is 0 Å². The maximum atomic E-state index is 3.09. The van der Waals surface area contributed by atoms with E-state index in [2.05, 4.69) is 35.2 Å². The third-order valence-corrected chi connectivity index (χ3v) is 1.72. The van der Waals surface area contributed by atoms with Crippen LogP contribution in [0.15, 0.2) is 35.6 Å². The highest BCUT2D eigenvalue weighted by Gasteiger charge is 2.08. The summed E-state index contributed by atoms with van der Waals surface area (Å²) in [5.74, 6) is 0. The summed E-state index contributed by atoms with van der Waals surface area (Å²) in [5, 5.41) is 0. The Hall–Kier alpha value is -1.02. The Labute approximate surface area is 60.3 Å². The molecule has 0 fully saturated rings. The van der Waals surface area contributed by atoms with Crippen molar-refractivity contribution in [3.63, 3.8) is 0 Å². The lowest BCUT2D eigenvalue weighted by atomic mass is 10.2. The number of hydrazine groups is 1. The molecule has 0 radical (unpaired) electrons. The second-order valence-electron chi connectivity index (χ2n) is 2.46. The van der Waals surface area contributed by atoms with E-state index in [0.29, 0.717) is 0 Å². The lowest BCUT2D eigenvalue weighted by Gasteiger charge is -1.94. The molecule has 0 spiro atoms. The molecule has 1 aliphatic carbocycles. The summed E-state index contributed by atoms with van der Waals surface area (Å²) in [6, 6.07) is 0. The van der Waals surface area contributed by atoms with Crippen LogP contribution in [0.5, 0.6) is 0 Å². The zero-order valence-electron chi connectivity index (χ0n) is 5.72. The van der Waals surface area contributed by atoms with Gasteiger partial charge in [-0.3, -0.25) is 0 Å². The molecule has 0 aromatic carbocycles. The van der Waals surface area contributed by atoms with Crippen molar-refractivity contribution in [1.29, 1.82) is 0 Å². The van der Waals surface area contributed by atoms with Gasteiger partial charge in [0.05, 0.1) is 5.70 Å². The highest BCUT2D eigenvalue weighted by Crippen LogP contribution is 2.12. The molecule has 0 saturated heterocycles. The van der Waals surface area contributed by atoms with E-state index in [-0.39, 0.29) is 0 Å². The molecular weight excluding hydrogens is 124 g/mol. The van der Waals surface area contributed by atoms with Gasteiger partial charge in [0, 0.05) is 6.54 Å². The minimum Gasteiger partial charge on any atom is -0.321 e. The lowest BCUT2D eigenvalue weighted by Crippen LogP contribution is -2.23. The van der Waals surface area contributed by atoms with Gasteiger partial charge >= 0.3 is 0 Å². The molecule has 1 aliphatic heterocycles. The van der Waals surface area contributed by atoms with E-state index >= 15 is 0 Å². The SMILES string of the molecule is C1=CC2=C(C=CC1)NNC2. The summed E-state index contributed by atoms with van der Waals surface area (Å²) < 4.78 is 0. The molecule has 1 heterocycles. The Morgan fingerprint density at radius 3 is 3.10 bits per heavy atom. The van der Waals surface area contributed by atoms with Gasteiger partial charge in [-0.15, -0.1) is 0 Å². The molecule has 2 aliphatic rings. The van der Waals surface area contributed by atoms with Crippen molar-refractivity contribution < 1.29 is 0 Å². The molecule has 2 nitrogen and oxygen atoms in total. The largest absolute Gasteiger partial charge is 0.321 e. The smallest absolute Gasteiger partial charge is 0.0530 e. The standard InChI is InChI=1S/C8H10N2/c1-2-4-7-6-9-10-8(7)5-3-1/h2-5,9-10H,1,6H2. The second kappa shape index (κ2) is 2.31. The van der Waals surface area contributed by atoms with Gasteiger partial charge in [0.2, 0.25) is 0 Å². The van der Waals surface area contributed by atoms with Crippen LogP contribution >= 0.6 is 0 Å². The van der Waals surface area contributed by atoms with Crippen LogP contribution in [0.1, 0.15) is 6.42 Å². The molecule has 0 atom stereocenters. The van der Waals surface area contributed by atoms with E-state index in [1.54, 1.807) is 0 Å². The molecule has 0 amide bonds. The number of allylic oxidation sites excluding steroid dienone is 3. The fraction of sp³-hybridized carbons (Fsp3) is 0.250. The molecule has 2 rings (SSSR count). The molecule has 0 unspecified atom stereocenters. The van der Waals surface area contributed by atoms with E-state index in [4.69, 9.17) is 0 Å². The number of hydrogen-bond donors (Lipinski definition) is 2. The van der Waals surface area contributed by atoms with Gasteiger partial charge in [0.1, 0.15) is 0 Å². The molecule has 0 aromatic rings. The molecule has 0 aromatic heterocycles. The van der Waals surface area contributed by atoms with Gasteiger partial charge in [-0.2, -0.15) is 0 Å². The average Bonchev–Trinajstić information content (AvgIpc) is 2.28. The van der Waals surface area contributed by atoms with Crippen molar-refractivity contribution in [2.75, 3.05) is 6.54 Å². The van der Waals surface area contributed by atoms with Gasteiger partial charge in [-0.05, 0) is 18.1 Å². The summed E-state index contributed by atoms with van der Waals surface area (Å²) in [5.41, 5.74) is 8.73. The summed E-state index contributed by atoms with van der Waals surface area (Å²) in [6.45, 7) is 0.941. The van der Waals surface area contributed by atoms with Crippen molar-refractivity contribution in [1.82, 2.24) is 10.9 Å². The van der Waals surface area contributed by atoms with Crippen molar-refractivity contribution in [2.45, 2.75) is 6.42 Å². The summed E-state index contributed by atoms with van der Waals surface area (Å²) in [7, 11) is 0. The summed E-state index contributed by atoms with van der Waals surface area (Å²) in [4.78, 5) is 0. The van der Waals surface area contributed by atoms with Gasteiger partial charge in [0.15, 0.2) is 0 Å². The zero-order valence-corrected chi connectivity index (χ0v) is 5.72. The predicted octanol–water partition coefficient (Wildman–Crippen LogP) is 0.864. The van der Waals surface area contributed by atoms with Crippen molar-refractivity contribution in [3.05, 3.63) is 35.6 Å². The summed E-state index contributed by atoms with van der Waals surface area (Å²) in [6.07, 6.45) is 9.67. The lowest BCUT2D eigenvalue weighted by molar-refractivity contribution is 0.707. The topological polar surface area (TPSA) is 24.1 Å². The summed E-state index contributed by atoms with van der Waals surface area (Å²) >= 11 is 0. The van der Waals surface area contributed by atoms with Crippen LogP contribution in [-0.2, 0) is 0 Å². The normalized spacial score (nSPS) is 22.4. The molecule has 10 heavy (non-hydrogen) atoms. The molecular formula is C8H10N2. The third-order valence-electron chi connectivity index (χ3n) is 1.72. The first kappa shape index (κ1) is 5.74. The highest BCUT2D eigenvalue weighted by atomic mass is 15.4. The molecule has 0 bridgehead atoms. The van der Waals surface area contributed by atoms with Gasteiger partial charge < -0.3 is 5.43 Å². The van der Waals surface area contributed by atoms with Gasteiger partial charge in [0.25, 0.3) is 0 Å². The second-order valence-corrected chi connectivity index (χ2v) is 2.46. The maximum absolute atomic E-state index is 3.09. The number of rotatable bonds is 0. The molecule has 2 heteroatoms. The average molecular weight is 134 g/mol. The first-order valence-corrected chi connectivity index (χ1v) is 3.52. The minimum absolute atomic E-state index is 0.941. The quantitative estimate of drug-likeness (QED) is 0.513.